The van der Waals surface area contributed by atoms with Gasteiger partial charge in [-0.05, 0) is 20.8 Å². The van der Waals surface area contributed by atoms with Crippen LogP contribution >= 0.6 is 0 Å². The molecule has 0 amide bonds. The van der Waals surface area contributed by atoms with Gasteiger partial charge in [-0.2, -0.15) is 0 Å². The van der Waals surface area contributed by atoms with Crippen molar-refractivity contribution in [2.75, 3.05) is 0 Å². The molecule has 0 bridgehead atoms. The first-order valence-corrected chi connectivity index (χ1v) is 7.99. The average Bonchev–Trinajstić information content (AvgIpc) is 1.77. The summed E-state index contributed by atoms with van der Waals surface area (Å²) in [6.07, 6.45) is 0. The molecular formula is C12H28AlKO. The summed E-state index contributed by atoms with van der Waals surface area (Å²) in [6.45, 7) is 15.7. The predicted octanol–water partition coefficient (Wildman–Crippen LogP) is 1.22. The van der Waals surface area contributed by atoms with E-state index in [0.717, 1.165) is 11.8 Å². The van der Waals surface area contributed by atoms with E-state index in [2.05, 4.69) is 48.5 Å². The van der Waals surface area contributed by atoms with Crippen LogP contribution in [-0.2, 0) is 3.79 Å². The first kappa shape index (κ1) is 19.5. The van der Waals surface area contributed by atoms with Crippen molar-refractivity contribution in [3.05, 3.63) is 0 Å². The first-order chi connectivity index (χ1) is 6.20. The Morgan fingerprint density at radius 1 is 1.00 bits per heavy atom. The molecular weight excluding hydrogens is 226 g/mol. The van der Waals surface area contributed by atoms with Crippen LogP contribution in [0.15, 0.2) is 0 Å². The molecule has 0 radical (unpaired) electrons. The molecule has 0 fully saturated rings. The summed E-state index contributed by atoms with van der Waals surface area (Å²) in [7, 11) is 0. The summed E-state index contributed by atoms with van der Waals surface area (Å²) < 4.78 is 6.20. The van der Waals surface area contributed by atoms with Crippen LogP contribution in [0.5, 0.6) is 0 Å². The molecule has 15 heavy (non-hydrogen) atoms. The molecule has 0 aliphatic rings. The van der Waals surface area contributed by atoms with Crippen molar-refractivity contribution >= 4 is 14.5 Å². The van der Waals surface area contributed by atoms with Crippen LogP contribution in [0.2, 0.25) is 10.6 Å². The molecule has 0 aliphatic heterocycles. The normalized spacial score (nSPS) is 11.8. The number of rotatable bonds is 5. The van der Waals surface area contributed by atoms with Crippen molar-refractivity contribution < 1.29 is 56.6 Å². The van der Waals surface area contributed by atoms with Crippen molar-refractivity contribution in [1.29, 1.82) is 0 Å². The SMILES string of the molecule is CC(C)[CH2][Al]([CH2]C(C)C)[O]C(C)(C)C.[H-].[K+]. The molecule has 0 N–H and O–H groups in total. The van der Waals surface area contributed by atoms with Crippen molar-refractivity contribution in [1.82, 2.24) is 0 Å². The third kappa shape index (κ3) is 14.1. The largest absolute Gasteiger partial charge is 1.00 e. The first-order valence-electron chi connectivity index (χ1n) is 5.88. The van der Waals surface area contributed by atoms with Crippen LogP contribution in [0, 0.1) is 11.8 Å². The van der Waals surface area contributed by atoms with Crippen molar-refractivity contribution in [2.45, 2.75) is 64.6 Å². The van der Waals surface area contributed by atoms with Gasteiger partial charge in [-0.1, -0.05) is 50.1 Å². The van der Waals surface area contributed by atoms with E-state index in [1.807, 2.05) is 0 Å². The van der Waals surface area contributed by atoms with Gasteiger partial charge in [-0.25, -0.2) is 0 Å². The second-order valence-corrected chi connectivity index (χ2v) is 8.53. The Morgan fingerprint density at radius 2 is 1.33 bits per heavy atom. The van der Waals surface area contributed by atoms with Gasteiger partial charge in [0.1, 0.15) is 0 Å². The fraction of sp³-hybridized carbons (Fsp3) is 1.00. The molecule has 0 spiro atoms. The fourth-order valence-corrected chi connectivity index (χ4v) is 5.23. The van der Waals surface area contributed by atoms with Crippen LogP contribution in [-0.4, -0.2) is 20.1 Å². The van der Waals surface area contributed by atoms with Crippen LogP contribution in [0.4, 0.5) is 0 Å². The van der Waals surface area contributed by atoms with Gasteiger partial charge in [-0.3, -0.25) is 0 Å². The monoisotopic (exact) mass is 254 g/mol. The third-order valence-electron chi connectivity index (χ3n) is 1.99. The molecule has 0 rings (SSSR count). The maximum atomic E-state index is 6.20. The third-order valence-corrected chi connectivity index (χ3v) is 5.97. The molecule has 0 saturated heterocycles. The molecule has 0 saturated carbocycles. The standard InChI is InChI=1S/C4H9O.2C4H9.Al.K.H/c1-4(2,3)5;2*1-4(2)3;;;/h1-3H3;2*4H,1H2,2-3H3;;;/q-1;;;2*+1;-1. The minimum Gasteiger partial charge on any atom is -1.00 e. The van der Waals surface area contributed by atoms with E-state index in [9.17, 15) is 0 Å². The summed E-state index contributed by atoms with van der Waals surface area (Å²) in [5.41, 5.74) is 0.0562. The van der Waals surface area contributed by atoms with Gasteiger partial charge in [0.05, 0.1) is 0 Å². The van der Waals surface area contributed by atoms with Gasteiger partial charge < -0.3 is 5.22 Å². The number of hydrogen-bond acceptors (Lipinski definition) is 1. The molecule has 0 aromatic heterocycles. The quantitative estimate of drug-likeness (QED) is 0.671. The summed E-state index contributed by atoms with van der Waals surface area (Å²) in [5.74, 6) is 1.57. The molecule has 0 atom stereocenters. The molecule has 3 heteroatoms. The molecule has 0 aliphatic carbocycles. The molecule has 86 valence electrons. The summed E-state index contributed by atoms with van der Waals surface area (Å²) in [6, 6.07) is 0. The Labute approximate surface area is 145 Å². The Morgan fingerprint density at radius 3 is 1.53 bits per heavy atom. The minimum atomic E-state index is -0.975. The van der Waals surface area contributed by atoms with E-state index in [1.54, 1.807) is 0 Å². The zero-order valence-corrected chi connectivity index (χ0v) is 16.3. The molecule has 0 heterocycles. The maximum absolute atomic E-state index is 6.20. The fourth-order valence-electron chi connectivity index (χ4n) is 1.74. The van der Waals surface area contributed by atoms with E-state index in [1.165, 1.54) is 10.6 Å². The second-order valence-electron chi connectivity index (χ2n) is 6.11. The van der Waals surface area contributed by atoms with Crippen LogP contribution in [0.1, 0.15) is 49.9 Å². The van der Waals surface area contributed by atoms with Crippen molar-refractivity contribution in [2.24, 2.45) is 11.8 Å². The molecule has 0 aromatic rings. The van der Waals surface area contributed by atoms with Gasteiger partial charge in [0.25, 0.3) is 0 Å². The van der Waals surface area contributed by atoms with Gasteiger partial charge >= 0.3 is 65.9 Å². The smallest absolute Gasteiger partial charge is 1.00 e. The summed E-state index contributed by atoms with van der Waals surface area (Å²) >= 11 is -0.975. The van der Waals surface area contributed by atoms with Crippen molar-refractivity contribution in [3.8, 4) is 0 Å². The van der Waals surface area contributed by atoms with Crippen LogP contribution in [0.3, 0.4) is 0 Å². The second kappa shape index (κ2) is 9.11. The topological polar surface area (TPSA) is 9.23 Å². The van der Waals surface area contributed by atoms with E-state index in [0.29, 0.717) is 0 Å². The molecule has 1 nitrogen and oxygen atoms in total. The van der Waals surface area contributed by atoms with E-state index in [4.69, 9.17) is 3.79 Å². The van der Waals surface area contributed by atoms with Gasteiger partial charge in [0, 0.05) is 5.60 Å². The van der Waals surface area contributed by atoms with E-state index < -0.39 is 14.5 Å². The Kier molecular flexibility index (Phi) is 11.8. The van der Waals surface area contributed by atoms with Crippen LogP contribution in [0.25, 0.3) is 0 Å². The molecule has 0 aromatic carbocycles. The Bertz CT molecular complexity index is 148. The van der Waals surface area contributed by atoms with Gasteiger partial charge in [0.15, 0.2) is 0 Å². The van der Waals surface area contributed by atoms with Gasteiger partial charge in [0.2, 0.25) is 0 Å². The molecule has 0 unspecified atom stereocenters. The van der Waals surface area contributed by atoms with Crippen molar-refractivity contribution in [3.63, 3.8) is 0 Å². The van der Waals surface area contributed by atoms with E-state index >= 15 is 0 Å². The number of hydrogen-bond donors (Lipinski definition) is 0. The zero-order chi connectivity index (χ0) is 11.4. The van der Waals surface area contributed by atoms with Gasteiger partial charge in [-0.15, -0.1) is 0 Å². The minimum absolute atomic E-state index is 0. The zero-order valence-electron chi connectivity index (χ0n) is 13.1. The van der Waals surface area contributed by atoms with E-state index in [-0.39, 0.29) is 58.4 Å². The van der Waals surface area contributed by atoms with Crippen LogP contribution < -0.4 is 51.4 Å². The summed E-state index contributed by atoms with van der Waals surface area (Å²) in [4.78, 5) is 0. The maximum Gasteiger partial charge on any atom is 1.00 e. The average molecular weight is 254 g/mol. The predicted molar refractivity (Wildman–Crippen MR) is 67.0 cm³/mol. The Hall–Kier alpha value is 2.13. The Balaban J connectivity index is -0.000000845. The summed E-state index contributed by atoms with van der Waals surface area (Å²) in [5, 5.41) is 2.63.